The van der Waals surface area contributed by atoms with Crippen molar-refractivity contribution in [2.75, 3.05) is 26.4 Å². The fourth-order valence-corrected chi connectivity index (χ4v) is 2.02. The zero-order valence-corrected chi connectivity index (χ0v) is 12.1. The molecule has 3 rings (SSSR count). The van der Waals surface area contributed by atoms with Crippen LogP contribution in [-0.2, 0) is 28.6 Å². The van der Waals surface area contributed by atoms with Gasteiger partial charge in [-0.25, -0.2) is 4.79 Å². The van der Waals surface area contributed by atoms with Gasteiger partial charge in [0.05, 0.1) is 25.9 Å². The van der Waals surface area contributed by atoms with Crippen molar-refractivity contribution in [1.29, 1.82) is 0 Å². The normalized spacial score (nSPS) is 27.6. The molecule has 2 amide bonds. The Morgan fingerprint density at radius 3 is 2.18 bits per heavy atom. The summed E-state index contributed by atoms with van der Waals surface area (Å²) in [5.41, 5.74) is 0. The number of rotatable bonds is 2. The van der Waals surface area contributed by atoms with Gasteiger partial charge in [0.1, 0.15) is 6.10 Å². The predicted molar refractivity (Wildman–Crippen MR) is 69.3 cm³/mol. The van der Waals surface area contributed by atoms with E-state index >= 15 is 0 Å². The maximum Gasteiger partial charge on any atom is 0.534 e. The molecule has 0 aromatic heterocycles. The van der Waals surface area contributed by atoms with Crippen molar-refractivity contribution >= 4 is 18.0 Å². The standard InChI is InChI=1S/C9H11NO6.C4H8O2/c11-7-1-2-8(12)10(7)16-9(13)15-6-3-4-14-5-6;5-4-1-2-6-3-4/h6H,1-5H2;4-5H,1-3H2/t6-;4-/m00/s1. The van der Waals surface area contributed by atoms with Gasteiger partial charge < -0.3 is 19.3 Å². The smallest absolute Gasteiger partial charge is 0.427 e. The van der Waals surface area contributed by atoms with E-state index in [9.17, 15) is 14.4 Å². The van der Waals surface area contributed by atoms with Crippen molar-refractivity contribution in [3.63, 3.8) is 0 Å². The van der Waals surface area contributed by atoms with Gasteiger partial charge in [-0.2, -0.15) is 0 Å². The average molecular weight is 317 g/mol. The summed E-state index contributed by atoms with van der Waals surface area (Å²) in [6.45, 7) is 2.12. The minimum atomic E-state index is -1.04. The molecule has 3 saturated heterocycles. The molecule has 0 unspecified atom stereocenters. The number of hydrogen-bond acceptors (Lipinski definition) is 8. The van der Waals surface area contributed by atoms with E-state index in [4.69, 9.17) is 19.3 Å². The molecule has 9 heteroatoms. The lowest BCUT2D eigenvalue weighted by Gasteiger charge is -2.14. The number of hydrogen-bond donors (Lipinski definition) is 1. The van der Waals surface area contributed by atoms with Crippen LogP contribution in [0.25, 0.3) is 0 Å². The third-order valence-corrected chi connectivity index (χ3v) is 3.23. The Bertz CT molecular complexity index is 398. The topological polar surface area (TPSA) is 112 Å². The highest BCUT2D eigenvalue weighted by Gasteiger charge is 2.34. The monoisotopic (exact) mass is 317 g/mol. The minimum Gasteiger partial charge on any atom is -0.427 e. The van der Waals surface area contributed by atoms with Crippen LogP contribution in [0.4, 0.5) is 4.79 Å². The van der Waals surface area contributed by atoms with E-state index in [1.807, 2.05) is 0 Å². The number of nitrogens with zero attached hydrogens (tertiary/aromatic N) is 1. The Morgan fingerprint density at radius 1 is 1.09 bits per heavy atom. The first-order valence-electron chi connectivity index (χ1n) is 7.14. The summed E-state index contributed by atoms with van der Waals surface area (Å²) in [4.78, 5) is 37.9. The van der Waals surface area contributed by atoms with Gasteiger partial charge in [0, 0.05) is 25.9 Å². The van der Waals surface area contributed by atoms with Crippen LogP contribution in [0, 0.1) is 0 Å². The second-order valence-corrected chi connectivity index (χ2v) is 5.04. The molecular formula is C13H19NO8. The van der Waals surface area contributed by atoms with Crippen molar-refractivity contribution in [3.05, 3.63) is 0 Å². The molecule has 0 aromatic carbocycles. The number of carbonyl (C=O) groups is 3. The molecule has 1 N–H and O–H groups in total. The molecule has 0 bridgehead atoms. The second kappa shape index (κ2) is 8.06. The number of aliphatic hydroxyl groups is 1. The third kappa shape index (κ3) is 4.93. The van der Waals surface area contributed by atoms with Crippen molar-refractivity contribution in [2.24, 2.45) is 0 Å². The zero-order chi connectivity index (χ0) is 15.9. The first-order valence-corrected chi connectivity index (χ1v) is 7.14. The van der Waals surface area contributed by atoms with Crippen LogP contribution >= 0.6 is 0 Å². The fraction of sp³-hybridized carbons (Fsp3) is 0.769. The first kappa shape index (κ1) is 16.7. The van der Waals surface area contributed by atoms with Crippen LogP contribution in [0.3, 0.4) is 0 Å². The highest BCUT2D eigenvalue weighted by molar-refractivity contribution is 6.01. The van der Waals surface area contributed by atoms with Gasteiger partial charge in [0.25, 0.3) is 11.8 Å². The Morgan fingerprint density at radius 2 is 1.73 bits per heavy atom. The van der Waals surface area contributed by atoms with E-state index in [0.29, 0.717) is 31.3 Å². The molecule has 0 saturated carbocycles. The van der Waals surface area contributed by atoms with Crippen LogP contribution in [-0.4, -0.2) is 66.8 Å². The lowest BCUT2D eigenvalue weighted by molar-refractivity contribution is -0.178. The summed E-state index contributed by atoms with van der Waals surface area (Å²) in [6.07, 6.45) is -0.0294. The van der Waals surface area contributed by atoms with E-state index in [1.165, 1.54) is 0 Å². The lowest BCUT2D eigenvalue weighted by atomic mass is 10.3. The number of amides is 2. The maximum atomic E-state index is 11.2. The number of carbonyl (C=O) groups excluding carboxylic acids is 3. The third-order valence-electron chi connectivity index (χ3n) is 3.23. The number of hydroxylamine groups is 2. The van der Waals surface area contributed by atoms with E-state index < -0.39 is 18.0 Å². The van der Waals surface area contributed by atoms with Gasteiger partial charge in [0.2, 0.25) is 0 Å². The number of ether oxygens (including phenoxy) is 3. The molecule has 0 spiro atoms. The molecule has 3 fully saturated rings. The Labute approximate surface area is 127 Å². The Balaban J connectivity index is 0.000000246. The van der Waals surface area contributed by atoms with Crippen LogP contribution < -0.4 is 0 Å². The lowest BCUT2D eigenvalue weighted by Crippen LogP contribution is -2.33. The van der Waals surface area contributed by atoms with Gasteiger partial charge >= 0.3 is 6.16 Å². The Kier molecular flexibility index (Phi) is 6.10. The Hall–Kier alpha value is -1.71. The van der Waals surface area contributed by atoms with E-state index in [1.54, 1.807) is 0 Å². The summed E-state index contributed by atoms with van der Waals surface area (Å²) in [6, 6.07) is 0. The summed E-state index contributed by atoms with van der Waals surface area (Å²) in [7, 11) is 0. The molecule has 3 heterocycles. The number of imide groups is 1. The molecule has 124 valence electrons. The molecular weight excluding hydrogens is 298 g/mol. The molecule has 3 aliphatic rings. The summed E-state index contributed by atoms with van der Waals surface area (Å²) in [5, 5.41) is 9.06. The second-order valence-electron chi connectivity index (χ2n) is 5.04. The van der Waals surface area contributed by atoms with Gasteiger partial charge in [-0.15, -0.1) is 0 Å². The van der Waals surface area contributed by atoms with Gasteiger partial charge in [-0.3, -0.25) is 14.4 Å². The van der Waals surface area contributed by atoms with Crippen molar-refractivity contribution in [2.45, 2.75) is 37.9 Å². The molecule has 2 atom stereocenters. The van der Waals surface area contributed by atoms with Gasteiger partial charge in [-0.1, -0.05) is 5.06 Å². The minimum absolute atomic E-state index is 0.0681. The van der Waals surface area contributed by atoms with Crippen LogP contribution in [0.5, 0.6) is 0 Å². The van der Waals surface area contributed by atoms with Crippen LogP contribution in [0.2, 0.25) is 0 Å². The van der Waals surface area contributed by atoms with Gasteiger partial charge in [0.15, 0.2) is 0 Å². The maximum absolute atomic E-state index is 11.2. The van der Waals surface area contributed by atoms with Crippen molar-refractivity contribution in [3.8, 4) is 0 Å². The summed E-state index contributed by atoms with van der Waals surface area (Å²) >= 11 is 0. The van der Waals surface area contributed by atoms with Crippen LogP contribution in [0.15, 0.2) is 0 Å². The number of aliphatic hydroxyl groups excluding tert-OH is 1. The quantitative estimate of drug-likeness (QED) is 0.548. The average Bonchev–Trinajstić information content (AvgIpc) is 3.20. The predicted octanol–water partition coefficient (Wildman–Crippen LogP) is -0.240. The highest BCUT2D eigenvalue weighted by atomic mass is 16.8. The largest absolute Gasteiger partial charge is 0.534 e. The summed E-state index contributed by atoms with van der Waals surface area (Å²) in [5.74, 6) is -1.05. The van der Waals surface area contributed by atoms with E-state index in [0.717, 1.165) is 13.0 Å². The molecule has 9 nitrogen and oxygen atoms in total. The molecule has 0 aromatic rings. The van der Waals surface area contributed by atoms with E-state index in [2.05, 4.69) is 4.84 Å². The molecule has 22 heavy (non-hydrogen) atoms. The zero-order valence-electron chi connectivity index (χ0n) is 12.1. The van der Waals surface area contributed by atoms with Gasteiger partial charge in [-0.05, 0) is 6.42 Å². The fourth-order valence-electron chi connectivity index (χ4n) is 2.02. The van der Waals surface area contributed by atoms with Crippen molar-refractivity contribution < 1.29 is 38.5 Å². The molecule has 3 aliphatic heterocycles. The highest BCUT2D eigenvalue weighted by Crippen LogP contribution is 2.14. The van der Waals surface area contributed by atoms with E-state index in [-0.39, 0.29) is 25.0 Å². The van der Waals surface area contributed by atoms with Crippen molar-refractivity contribution in [1.82, 2.24) is 5.06 Å². The SMILES string of the molecule is O=C(O[C@H]1CCOC1)ON1C(=O)CCC1=O.O[C@H]1CCOC1. The molecule has 0 radical (unpaired) electrons. The molecule has 0 aliphatic carbocycles. The van der Waals surface area contributed by atoms with Crippen LogP contribution in [0.1, 0.15) is 25.7 Å². The summed E-state index contributed by atoms with van der Waals surface area (Å²) < 4.78 is 14.6. The first-order chi connectivity index (χ1) is 10.6.